The molecular formula is C26H24N4OS2. The molecule has 4 rings (SSSR count). The Kier molecular flexibility index (Phi) is 7.42. The van der Waals surface area contributed by atoms with Crippen LogP contribution in [0.2, 0.25) is 0 Å². The van der Waals surface area contributed by atoms with Crippen molar-refractivity contribution in [2.75, 3.05) is 5.32 Å². The van der Waals surface area contributed by atoms with E-state index in [0.29, 0.717) is 21.6 Å². The van der Waals surface area contributed by atoms with Crippen molar-refractivity contribution in [2.24, 2.45) is 0 Å². The average molecular weight is 473 g/mol. The van der Waals surface area contributed by atoms with E-state index in [1.54, 1.807) is 12.4 Å². The Labute approximate surface area is 202 Å². The van der Waals surface area contributed by atoms with E-state index < -0.39 is 0 Å². The van der Waals surface area contributed by atoms with Gasteiger partial charge in [0.1, 0.15) is 11.5 Å². The number of aryl methyl sites for hydroxylation is 3. The number of pyridine rings is 1. The van der Waals surface area contributed by atoms with Crippen LogP contribution in [0, 0.1) is 20.8 Å². The summed E-state index contributed by atoms with van der Waals surface area (Å²) in [6.45, 7) is 6.03. The van der Waals surface area contributed by atoms with Crippen LogP contribution in [0.3, 0.4) is 0 Å². The molecule has 4 aromatic rings. The van der Waals surface area contributed by atoms with E-state index in [1.165, 1.54) is 40.2 Å². The van der Waals surface area contributed by atoms with Gasteiger partial charge < -0.3 is 5.32 Å². The van der Waals surface area contributed by atoms with Gasteiger partial charge in [0.05, 0.1) is 4.90 Å². The van der Waals surface area contributed by atoms with Gasteiger partial charge in [-0.2, -0.15) is 0 Å². The molecule has 0 spiro atoms. The van der Waals surface area contributed by atoms with Gasteiger partial charge in [-0.3, -0.25) is 4.79 Å². The molecule has 0 aliphatic rings. The van der Waals surface area contributed by atoms with Crippen LogP contribution >= 0.6 is 23.5 Å². The first-order valence-corrected chi connectivity index (χ1v) is 12.3. The summed E-state index contributed by atoms with van der Waals surface area (Å²) in [5, 5.41) is 3.47. The largest absolute Gasteiger partial charge is 0.305 e. The van der Waals surface area contributed by atoms with Crippen LogP contribution < -0.4 is 5.32 Å². The van der Waals surface area contributed by atoms with Gasteiger partial charge in [-0.05, 0) is 50.1 Å². The van der Waals surface area contributed by atoms with E-state index in [0.717, 1.165) is 16.2 Å². The minimum Gasteiger partial charge on any atom is -0.305 e. The van der Waals surface area contributed by atoms with Crippen molar-refractivity contribution < 1.29 is 4.79 Å². The van der Waals surface area contributed by atoms with Gasteiger partial charge in [0.2, 0.25) is 0 Å². The zero-order valence-corrected chi connectivity index (χ0v) is 20.3. The zero-order valence-electron chi connectivity index (χ0n) is 18.7. The molecule has 0 fully saturated rings. The lowest BCUT2D eigenvalue weighted by Crippen LogP contribution is -2.17. The predicted molar refractivity (Wildman–Crippen MR) is 135 cm³/mol. The number of amides is 1. The number of hydrogen-bond donors (Lipinski definition) is 1. The van der Waals surface area contributed by atoms with Crippen molar-refractivity contribution in [1.29, 1.82) is 0 Å². The second kappa shape index (κ2) is 10.6. The Morgan fingerprint density at radius 2 is 1.61 bits per heavy atom. The number of carbonyl (C=O) groups is 1. The normalized spacial score (nSPS) is 10.8. The standard InChI is InChI=1S/C26H24N4OS2/c1-17-6-10-20(11-7-17)16-32-26-28-15-22(33-21-12-8-18(2)9-13-21)23(29-26)25(31)30-24-19(3)5-4-14-27-24/h4-15H,16H2,1-3H3,(H,27,30,31). The van der Waals surface area contributed by atoms with Crippen LogP contribution in [-0.2, 0) is 5.75 Å². The molecule has 2 heterocycles. The Hall–Kier alpha value is -3.16. The number of thioether (sulfide) groups is 1. The third-order valence-electron chi connectivity index (χ3n) is 4.93. The molecule has 7 heteroatoms. The molecule has 33 heavy (non-hydrogen) atoms. The molecule has 0 aliphatic heterocycles. The number of nitrogens with one attached hydrogen (secondary N) is 1. The van der Waals surface area contributed by atoms with Crippen molar-refractivity contribution in [3.8, 4) is 0 Å². The molecule has 0 saturated carbocycles. The van der Waals surface area contributed by atoms with Crippen molar-refractivity contribution in [3.63, 3.8) is 0 Å². The lowest BCUT2D eigenvalue weighted by Gasteiger charge is -2.11. The van der Waals surface area contributed by atoms with E-state index in [1.807, 2.05) is 50.2 Å². The molecule has 1 N–H and O–H groups in total. The Balaban J connectivity index is 1.60. The third kappa shape index (κ3) is 6.21. The smallest absolute Gasteiger partial charge is 0.276 e. The lowest BCUT2D eigenvalue weighted by atomic mass is 10.2. The van der Waals surface area contributed by atoms with Crippen LogP contribution in [-0.4, -0.2) is 20.9 Å². The van der Waals surface area contributed by atoms with E-state index in [4.69, 9.17) is 0 Å². The molecule has 1 amide bonds. The molecule has 0 saturated heterocycles. The van der Waals surface area contributed by atoms with Crippen molar-refractivity contribution in [1.82, 2.24) is 15.0 Å². The van der Waals surface area contributed by atoms with Gasteiger partial charge in [-0.25, -0.2) is 15.0 Å². The molecule has 5 nitrogen and oxygen atoms in total. The molecule has 0 atom stereocenters. The Bertz CT molecular complexity index is 1260. The van der Waals surface area contributed by atoms with Crippen LogP contribution in [0.5, 0.6) is 0 Å². The lowest BCUT2D eigenvalue weighted by molar-refractivity contribution is 0.101. The van der Waals surface area contributed by atoms with Crippen LogP contribution in [0.1, 0.15) is 32.7 Å². The molecular weight excluding hydrogens is 448 g/mol. The van der Waals surface area contributed by atoms with Gasteiger partial charge >= 0.3 is 0 Å². The number of benzene rings is 2. The average Bonchev–Trinajstić information content (AvgIpc) is 2.82. The molecule has 0 radical (unpaired) electrons. The minimum atomic E-state index is -0.300. The summed E-state index contributed by atoms with van der Waals surface area (Å²) in [5.41, 5.74) is 4.82. The molecule has 2 aromatic heterocycles. The monoisotopic (exact) mass is 472 g/mol. The number of nitrogens with zero attached hydrogens (tertiary/aromatic N) is 3. The highest BCUT2D eigenvalue weighted by Gasteiger charge is 2.18. The van der Waals surface area contributed by atoms with E-state index in [-0.39, 0.29) is 5.91 Å². The molecule has 0 unspecified atom stereocenters. The molecule has 2 aromatic carbocycles. The summed E-state index contributed by atoms with van der Waals surface area (Å²) in [4.78, 5) is 28.4. The minimum absolute atomic E-state index is 0.300. The Morgan fingerprint density at radius 1 is 0.909 bits per heavy atom. The van der Waals surface area contributed by atoms with Gasteiger partial charge in [0.15, 0.2) is 5.16 Å². The highest BCUT2D eigenvalue weighted by atomic mass is 32.2. The summed E-state index contributed by atoms with van der Waals surface area (Å²) in [7, 11) is 0. The maximum Gasteiger partial charge on any atom is 0.276 e. The maximum atomic E-state index is 13.2. The van der Waals surface area contributed by atoms with Gasteiger partial charge in [0.25, 0.3) is 5.91 Å². The third-order valence-corrected chi connectivity index (χ3v) is 6.89. The van der Waals surface area contributed by atoms with Crippen LogP contribution in [0.15, 0.2) is 88.0 Å². The first kappa shape index (κ1) is 23.0. The number of hydrogen-bond acceptors (Lipinski definition) is 6. The number of carbonyl (C=O) groups excluding carboxylic acids is 1. The van der Waals surface area contributed by atoms with Crippen molar-refractivity contribution >= 4 is 35.2 Å². The quantitative estimate of drug-likeness (QED) is 0.245. The van der Waals surface area contributed by atoms with Crippen molar-refractivity contribution in [3.05, 3.63) is 101 Å². The second-order valence-electron chi connectivity index (χ2n) is 7.68. The maximum absolute atomic E-state index is 13.2. The second-order valence-corrected chi connectivity index (χ2v) is 9.74. The highest BCUT2D eigenvalue weighted by molar-refractivity contribution is 7.99. The summed E-state index contributed by atoms with van der Waals surface area (Å²) in [5.74, 6) is 0.956. The summed E-state index contributed by atoms with van der Waals surface area (Å²) in [6, 6.07) is 20.3. The fourth-order valence-electron chi connectivity index (χ4n) is 3.01. The summed E-state index contributed by atoms with van der Waals surface area (Å²) < 4.78 is 0. The zero-order chi connectivity index (χ0) is 23.2. The van der Waals surface area contributed by atoms with Crippen LogP contribution in [0.25, 0.3) is 0 Å². The highest BCUT2D eigenvalue weighted by Crippen LogP contribution is 2.31. The Morgan fingerprint density at radius 3 is 2.30 bits per heavy atom. The fourth-order valence-corrected chi connectivity index (χ4v) is 4.65. The summed E-state index contributed by atoms with van der Waals surface area (Å²) >= 11 is 2.99. The topological polar surface area (TPSA) is 67.8 Å². The van der Waals surface area contributed by atoms with Crippen molar-refractivity contribution in [2.45, 2.75) is 41.5 Å². The molecule has 0 aliphatic carbocycles. The van der Waals surface area contributed by atoms with E-state index in [9.17, 15) is 4.79 Å². The first-order chi connectivity index (χ1) is 16.0. The van der Waals surface area contributed by atoms with Gasteiger partial charge in [-0.1, -0.05) is 77.1 Å². The van der Waals surface area contributed by atoms with E-state index in [2.05, 4.69) is 51.5 Å². The van der Waals surface area contributed by atoms with E-state index >= 15 is 0 Å². The summed E-state index contributed by atoms with van der Waals surface area (Å²) in [6.07, 6.45) is 3.39. The number of aromatic nitrogens is 3. The molecule has 166 valence electrons. The number of anilines is 1. The van der Waals surface area contributed by atoms with Gasteiger partial charge in [0, 0.05) is 23.0 Å². The van der Waals surface area contributed by atoms with Crippen LogP contribution in [0.4, 0.5) is 5.82 Å². The molecule has 0 bridgehead atoms. The predicted octanol–water partition coefficient (Wildman–Crippen LogP) is 6.49. The fraction of sp³-hybridized carbons (Fsp3) is 0.154. The number of rotatable bonds is 7. The SMILES string of the molecule is Cc1ccc(CSc2ncc(Sc3ccc(C)cc3)c(C(=O)Nc3ncccc3C)n2)cc1. The first-order valence-electron chi connectivity index (χ1n) is 10.5. The van der Waals surface area contributed by atoms with Gasteiger partial charge in [-0.15, -0.1) is 0 Å².